The quantitative estimate of drug-likeness (QED) is 0.688. The lowest BCUT2D eigenvalue weighted by molar-refractivity contribution is 0.181. The highest BCUT2D eigenvalue weighted by atomic mass is 16.3. The SMILES string of the molecule is CC(C)C(CCO)C1CCCC1. The van der Waals surface area contributed by atoms with E-state index in [0.717, 1.165) is 24.2 Å². The van der Waals surface area contributed by atoms with Crippen molar-refractivity contribution >= 4 is 0 Å². The molecule has 1 nitrogen and oxygen atoms in total. The van der Waals surface area contributed by atoms with Crippen molar-refractivity contribution in [1.29, 1.82) is 0 Å². The molecule has 1 rings (SSSR count). The lowest BCUT2D eigenvalue weighted by atomic mass is 9.80. The molecule has 12 heavy (non-hydrogen) atoms. The van der Waals surface area contributed by atoms with Gasteiger partial charge in [-0.2, -0.15) is 0 Å². The number of rotatable bonds is 4. The maximum atomic E-state index is 8.95. The third-order valence-corrected chi connectivity index (χ3v) is 3.32. The van der Waals surface area contributed by atoms with E-state index in [1.165, 1.54) is 25.7 Å². The van der Waals surface area contributed by atoms with Gasteiger partial charge in [0.2, 0.25) is 0 Å². The zero-order chi connectivity index (χ0) is 8.97. The molecule has 1 unspecified atom stereocenters. The summed E-state index contributed by atoms with van der Waals surface area (Å²) in [6.45, 7) is 4.96. The summed E-state index contributed by atoms with van der Waals surface area (Å²) in [4.78, 5) is 0. The third-order valence-electron chi connectivity index (χ3n) is 3.32. The summed E-state index contributed by atoms with van der Waals surface area (Å²) in [7, 11) is 0. The first-order chi connectivity index (χ1) is 5.75. The highest BCUT2D eigenvalue weighted by Crippen LogP contribution is 2.36. The van der Waals surface area contributed by atoms with E-state index in [1.54, 1.807) is 0 Å². The van der Waals surface area contributed by atoms with Crippen molar-refractivity contribution in [2.24, 2.45) is 17.8 Å². The van der Waals surface area contributed by atoms with Crippen LogP contribution in [0.3, 0.4) is 0 Å². The number of hydrogen-bond acceptors (Lipinski definition) is 1. The van der Waals surface area contributed by atoms with Crippen LogP contribution in [0.2, 0.25) is 0 Å². The molecular formula is C11H22O. The van der Waals surface area contributed by atoms with Gasteiger partial charge in [-0.05, 0) is 24.2 Å². The van der Waals surface area contributed by atoms with Gasteiger partial charge in [0, 0.05) is 6.61 Å². The van der Waals surface area contributed by atoms with Gasteiger partial charge < -0.3 is 5.11 Å². The van der Waals surface area contributed by atoms with Crippen molar-refractivity contribution in [1.82, 2.24) is 0 Å². The average Bonchev–Trinajstić information content (AvgIpc) is 2.51. The van der Waals surface area contributed by atoms with Crippen LogP contribution in [0.4, 0.5) is 0 Å². The van der Waals surface area contributed by atoms with Crippen LogP contribution in [0.1, 0.15) is 46.0 Å². The lowest BCUT2D eigenvalue weighted by Gasteiger charge is -2.26. The van der Waals surface area contributed by atoms with Crippen LogP contribution < -0.4 is 0 Å². The van der Waals surface area contributed by atoms with E-state index in [0.29, 0.717) is 6.61 Å². The first-order valence-corrected chi connectivity index (χ1v) is 5.36. The van der Waals surface area contributed by atoms with E-state index in [9.17, 15) is 0 Å². The summed E-state index contributed by atoms with van der Waals surface area (Å²) in [6.07, 6.45) is 6.66. The second-order valence-electron chi connectivity index (χ2n) is 4.46. The van der Waals surface area contributed by atoms with Gasteiger partial charge >= 0.3 is 0 Å². The summed E-state index contributed by atoms with van der Waals surface area (Å²) in [5.41, 5.74) is 0. The third kappa shape index (κ3) is 2.48. The Balaban J connectivity index is 2.40. The van der Waals surface area contributed by atoms with Crippen molar-refractivity contribution in [2.75, 3.05) is 6.61 Å². The average molecular weight is 170 g/mol. The fraction of sp³-hybridized carbons (Fsp3) is 1.00. The van der Waals surface area contributed by atoms with Gasteiger partial charge in [-0.1, -0.05) is 39.5 Å². The number of aliphatic hydroxyl groups excluding tert-OH is 1. The van der Waals surface area contributed by atoms with Crippen molar-refractivity contribution in [3.8, 4) is 0 Å². The Bertz CT molecular complexity index is 114. The number of aliphatic hydroxyl groups is 1. The Morgan fingerprint density at radius 1 is 1.25 bits per heavy atom. The fourth-order valence-corrected chi connectivity index (χ4v) is 2.65. The highest BCUT2D eigenvalue weighted by molar-refractivity contribution is 4.77. The molecule has 1 heteroatoms. The van der Waals surface area contributed by atoms with E-state index in [-0.39, 0.29) is 0 Å². The molecule has 0 aromatic rings. The van der Waals surface area contributed by atoms with E-state index >= 15 is 0 Å². The minimum Gasteiger partial charge on any atom is -0.396 e. The second kappa shape index (κ2) is 4.86. The predicted molar refractivity (Wildman–Crippen MR) is 52.0 cm³/mol. The van der Waals surface area contributed by atoms with Crippen molar-refractivity contribution < 1.29 is 5.11 Å². The Hall–Kier alpha value is -0.0400. The Morgan fingerprint density at radius 2 is 1.83 bits per heavy atom. The van der Waals surface area contributed by atoms with Crippen molar-refractivity contribution in [2.45, 2.75) is 46.0 Å². The molecule has 0 bridgehead atoms. The maximum Gasteiger partial charge on any atom is 0.0433 e. The van der Waals surface area contributed by atoms with Gasteiger partial charge in [0.05, 0.1) is 0 Å². The van der Waals surface area contributed by atoms with E-state index in [4.69, 9.17) is 5.11 Å². The second-order valence-corrected chi connectivity index (χ2v) is 4.46. The van der Waals surface area contributed by atoms with E-state index in [1.807, 2.05) is 0 Å². The summed E-state index contributed by atoms with van der Waals surface area (Å²) < 4.78 is 0. The molecule has 0 heterocycles. The Labute approximate surface area is 76.2 Å². The molecule has 0 aliphatic heterocycles. The molecule has 0 aromatic carbocycles. The minimum atomic E-state index is 0.374. The molecule has 1 saturated carbocycles. The standard InChI is InChI=1S/C11H22O/c1-9(2)11(7-8-12)10-5-3-4-6-10/h9-12H,3-8H2,1-2H3. The first-order valence-electron chi connectivity index (χ1n) is 5.36. The maximum absolute atomic E-state index is 8.95. The fourth-order valence-electron chi connectivity index (χ4n) is 2.65. The van der Waals surface area contributed by atoms with Crippen LogP contribution in [0.5, 0.6) is 0 Å². The topological polar surface area (TPSA) is 20.2 Å². The summed E-state index contributed by atoms with van der Waals surface area (Å²) in [5.74, 6) is 2.44. The lowest BCUT2D eigenvalue weighted by Crippen LogP contribution is -2.19. The first kappa shape index (κ1) is 10.0. The zero-order valence-corrected chi connectivity index (χ0v) is 8.42. The Kier molecular flexibility index (Phi) is 4.07. The van der Waals surface area contributed by atoms with Crippen LogP contribution in [0.25, 0.3) is 0 Å². The van der Waals surface area contributed by atoms with Gasteiger partial charge in [-0.25, -0.2) is 0 Å². The molecule has 1 aliphatic rings. The van der Waals surface area contributed by atoms with Crippen LogP contribution in [0, 0.1) is 17.8 Å². The van der Waals surface area contributed by atoms with Crippen LogP contribution >= 0.6 is 0 Å². The van der Waals surface area contributed by atoms with Crippen molar-refractivity contribution in [3.05, 3.63) is 0 Å². The van der Waals surface area contributed by atoms with Gasteiger partial charge in [0.25, 0.3) is 0 Å². The Morgan fingerprint density at radius 3 is 2.25 bits per heavy atom. The molecule has 72 valence electrons. The normalized spacial score (nSPS) is 22.0. The van der Waals surface area contributed by atoms with Gasteiger partial charge in [-0.3, -0.25) is 0 Å². The molecule has 0 radical (unpaired) electrons. The molecule has 0 spiro atoms. The molecule has 0 aromatic heterocycles. The summed E-state index contributed by atoms with van der Waals surface area (Å²) >= 11 is 0. The largest absolute Gasteiger partial charge is 0.396 e. The van der Waals surface area contributed by atoms with E-state index in [2.05, 4.69) is 13.8 Å². The van der Waals surface area contributed by atoms with Gasteiger partial charge in [0.1, 0.15) is 0 Å². The minimum absolute atomic E-state index is 0.374. The highest BCUT2D eigenvalue weighted by Gasteiger charge is 2.26. The smallest absolute Gasteiger partial charge is 0.0433 e. The molecule has 1 fully saturated rings. The van der Waals surface area contributed by atoms with Crippen molar-refractivity contribution in [3.63, 3.8) is 0 Å². The van der Waals surface area contributed by atoms with Crippen LogP contribution in [-0.4, -0.2) is 11.7 Å². The van der Waals surface area contributed by atoms with Crippen LogP contribution in [0.15, 0.2) is 0 Å². The molecular weight excluding hydrogens is 148 g/mol. The summed E-state index contributed by atoms with van der Waals surface area (Å²) in [5, 5.41) is 8.95. The zero-order valence-electron chi connectivity index (χ0n) is 8.42. The molecule has 1 atom stereocenters. The molecule has 1 N–H and O–H groups in total. The molecule has 0 saturated heterocycles. The van der Waals surface area contributed by atoms with E-state index < -0.39 is 0 Å². The predicted octanol–water partition coefficient (Wildman–Crippen LogP) is 2.83. The van der Waals surface area contributed by atoms with Crippen LogP contribution in [-0.2, 0) is 0 Å². The van der Waals surface area contributed by atoms with Gasteiger partial charge in [-0.15, -0.1) is 0 Å². The molecule has 0 amide bonds. The monoisotopic (exact) mass is 170 g/mol. The number of hydrogen-bond donors (Lipinski definition) is 1. The van der Waals surface area contributed by atoms with Gasteiger partial charge in [0.15, 0.2) is 0 Å². The molecule has 1 aliphatic carbocycles. The summed E-state index contributed by atoms with van der Waals surface area (Å²) in [6, 6.07) is 0.